The van der Waals surface area contributed by atoms with E-state index in [1.807, 2.05) is 78.9 Å². The number of carbonyl (C=O) groups is 2. The first-order chi connectivity index (χ1) is 19.1. The molecule has 0 bridgehead atoms. The normalized spacial score (nSPS) is 20.3. The maximum Gasteiger partial charge on any atom is 0.266 e. The summed E-state index contributed by atoms with van der Waals surface area (Å²) in [4.78, 5) is 34.9. The molecule has 7 nitrogen and oxygen atoms in total. The number of nitrogens with zero attached hydrogens (tertiary/aromatic N) is 2. The van der Waals surface area contributed by atoms with Gasteiger partial charge in [0, 0.05) is 4.47 Å². The van der Waals surface area contributed by atoms with E-state index >= 15 is 0 Å². The number of anilines is 2. The molecule has 2 saturated heterocycles. The van der Waals surface area contributed by atoms with Crippen LogP contribution in [0.1, 0.15) is 17.2 Å². The van der Waals surface area contributed by atoms with Gasteiger partial charge in [-0.05, 0) is 47.5 Å². The summed E-state index contributed by atoms with van der Waals surface area (Å²) in [6.45, 7) is 0.370. The Morgan fingerprint density at radius 2 is 1.41 bits per heavy atom. The van der Waals surface area contributed by atoms with Crippen LogP contribution < -0.4 is 19.4 Å². The lowest BCUT2D eigenvalue weighted by molar-refractivity contribution is -0.126. The number of rotatable bonds is 7. The van der Waals surface area contributed by atoms with Crippen LogP contribution in [0.15, 0.2) is 108 Å². The van der Waals surface area contributed by atoms with Crippen molar-refractivity contribution in [2.75, 3.05) is 17.1 Å². The Morgan fingerprint density at radius 3 is 2.05 bits per heavy atom. The van der Waals surface area contributed by atoms with Crippen LogP contribution in [0.25, 0.3) is 0 Å². The number of imide groups is 1. The maximum atomic E-state index is 13.9. The molecule has 2 amide bonds. The lowest BCUT2D eigenvalue weighted by Gasteiger charge is -2.29. The van der Waals surface area contributed by atoms with Crippen LogP contribution in [0.4, 0.5) is 11.4 Å². The topological polar surface area (TPSA) is 68.3 Å². The van der Waals surface area contributed by atoms with E-state index in [-0.39, 0.29) is 11.8 Å². The van der Waals surface area contributed by atoms with E-state index in [1.165, 1.54) is 4.90 Å². The molecular formula is C31H25BrN2O5. The van der Waals surface area contributed by atoms with Crippen molar-refractivity contribution in [3.8, 4) is 11.5 Å². The molecular weight excluding hydrogens is 560 g/mol. The first-order valence-electron chi connectivity index (χ1n) is 12.5. The van der Waals surface area contributed by atoms with Gasteiger partial charge in [-0.25, -0.2) is 9.96 Å². The molecule has 2 heterocycles. The van der Waals surface area contributed by atoms with Gasteiger partial charge < -0.3 is 9.47 Å². The Hall–Kier alpha value is -4.14. The molecule has 6 rings (SSSR count). The molecule has 0 aliphatic carbocycles. The number of halogens is 1. The monoisotopic (exact) mass is 584 g/mol. The van der Waals surface area contributed by atoms with Crippen molar-refractivity contribution >= 4 is 39.1 Å². The average molecular weight is 585 g/mol. The molecule has 8 heteroatoms. The second-order valence-corrected chi connectivity index (χ2v) is 10.2. The third-order valence-electron chi connectivity index (χ3n) is 6.98. The van der Waals surface area contributed by atoms with Gasteiger partial charge in [-0.15, -0.1) is 0 Å². The standard InChI is InChI=1S/C31H25BrN2O5/c1-37-25-17-23(24(32)18-26(25)38-19-20-11-5-2-6-12-20)28-27-29(39-34(28)22-15-9-4-10-16-22)31(36)33(30(27)35)21-13-7-3-8-14-21/h2-18,27-29H,19H2,1H3. The largest absolute Gasteiger partial charge is 0.493 e. The van der Waals surface area contributed by atoms with E-state index in [0.717, 1.165) is 16.8 Å². The molecule has 2 aliphatic heterocycles. The molecule has 196 valence electrons. The fourth-order valence-electron chi connectivity index (χ4n) is 5.15. The first kappa shape index (κ1) is 25.2. The summed E-state index contributed by atoms with van der Waals surface area (Å²) in [5, 5.41) is 1.66. The number of ether oxygens (including phenoxy) is 2. The highest BCUT2D eigenvalue weighted by Crippen LogP contribution is 2.50. The summed E-state index contributed by atoms with van der Waals surface area (Å²) < 4.78 is 12.5. The van der Waals surface area contributed by atoms with Crippen molar-refractivity contribution in [1.82, 2.24) is 0 Å². The quantitative estimate of drug-likeness (QED) is 0.245. The number of carbonyl (C=O) groups excluding carboxylic acids is 2. The van der Waals surface area contributed by atoms with E-state index in [9.17, 15) is 9.59 Å². The number of methoxy groups -OCH3 is 1. The van der Waals surface area contributed by atoms with Crippen molar-refractivity contribution in [2.24, 2.45) is 5.92 Å². The number of benzene rings is 4. The zero-order chi connectivity index (χ0) is 26.9. The molecule has 0 aromatic heterocycles. The van der Waals surface area contributed by atoms with Gasteiger partial charge in [0.2, 0.25) is 5.91 Å². The second kappa shape index (κ2) is 10.6. The number of fused-ring (bicyclic) bond motifs is 1. The molecule has 0 saturated carbocycles. The predicted octanol–water partition coefficient (Wildman–Crippen LogP) is 6.09. The third-order valence-corrected chi connectivity index (χ3v) is 7.67. The van der Waals surface area contributed by atoms with Crippen LogP contribution in [-0.4, -0.2) is 25.0 Å². The fourth-order valence-corrected chi connectivity index (χ4v) is 5.70. The minimum atomic E-state index is -0.963. The van der Waals surface area contributed by atoms with Gasteiger partial charge in [0.25, 0.3) is 5.91 Å². The van der Waals surface area contributed by atoms with Crippen molar-refractivity contribution in [3.63, 3.8) is 0 Å². The zero-order valence-electron chi connectivity index (χ0n) is 21.1. The predicted molar refractivity (Wildman–Crippen MR) is 150 cm³/mol. The van der Waals surface area contributed by atoms with Crippen molar-refractivity contribution in [2.45, 2.75) is 18.8 Å². The Morgan fingerprint density at radius 1 is 0.795 bits per heavy atom. The Bertz CT molecular complexity index is 1500. The number of hydrogen-bond acceptors (Lipinski definition) is 6. The minimum Gasteiger partial charge on any atom is -0.493 e. The Kier molecular flexibility index (Phi) is 6.81. The number of para-hydroxylation sites is 2. The Balaban J connectivity index is 1.40. The van der Waals surface area contributed by atoms with Crippen LogP contribution in [0.5, 0.6) is 11.5 Å². The maximum absolute atomic E-state index is 13.9. The fraction of sp³-hybridized carbons (Fsp3) is 0.161. The van der Waals surface area contributed by atoms with Crippen LogP contribution in [0.2, 0.25) is 0 Å². The Labute approximate surface area is 234 Å². The number of amides is 2. The van der Waals surface area contributed by atoms with Gasteiger partial charge >= 0.3 is 0 Å². The molecule has 4 aromatic carbocycles. The SMILES string of the molecule is COc1cc(C2C3C(=O)N(c4ccccc4)C(=O)C3ON2c2ccccc2)c(Br)cc1OCc1ccccc1. The van der Waals surface area contributed by atoms with E-state index in [1.54, 1.807) is 36.4 Å². The number of hydroxylamine groups is 1. The summed E-state index contributed by atoms with van der Waals surface area (Å²) in [5.41, 5.74) is 3.03. The van der Waals surface area contributed by atoms with E-state index in [0.29, 0.717) is 28.3 Å². The smallest absolute Gasteiger partial charge is 0.266 e. The van der Waals surface area contributed by atoms with Crippen molar-refractivity contribution in [1.29, 1.82) is 0 Å². The molecule has 2 fully saturated rings. The first-order valence-corrected chi connectivity index (χ1v) is 13.3. The molecule has 0 N–H and O–H groups in total. The summed E-state index contributed by atoms with van der Waals surface area (Å²) in [6, 6.07) is 31.3. The molecule has 0 spiro atoms. The van der Waals surface area contributed by atoms with Crippen molar-refractivity contribution in [3.05, 3.63) is 119 Å². The van der Waals surface area contributed by atoms with Crippen LogP contribution in [0.3, 0.4) is 0 Å². The lowest BCUT2D eigenvalue weighted by atomic mass is 9.90. The average Bonchev–Trinajstić information content (AvgIpc) is 3.48. The minimum absolute atomic E-state index is 0.310. The zero-order valence-corrected chi connectivity index (χ0v) is 22.7. The molecule has 0 radical (unpaired) electrons. The van der Waals surface area contributed by atoms with Crippen LogP contribution >= 0.6 is 15.9 Å². The molecule has 2 aliphatic rings. The van der Waals surface area contributed by atoms with E-state index in [2.05, 4.69) is 15.9 Å². The summed E-state index contributed by atoms with van der Waals surface area (Å²) >= 11 is 3.71. The molecule has 3 atom stereocenters. The summed E-state index contributed by atoms with van der Waals surface area (Å²) in [7, 11) is 1.58. The van der Waals surface area contributed by atoms with Gasteiger partial charge in [-0.3, -0.25) is 14.4 Å². The summed E-state index contributed by atoms with van der Waals surface area (Å²) in [6.07, 6.45) is -0.963. The van der Waals surface area contributed by atoms with Crippen molar-refractivity contribution < 1.29 is 23.9 Å². The van der Waals surface area contributed by atoms with E-state index < -0.39 is 18.1 Å². The second-order valence-electron chi connectivity index (χ2n) is 9.30. The summed E-state index contributed by atoms with van der Waals surface area (Å²) in [5.74, 6) is -0.397. The molecule has 4 aromatic rings. The molecule has 3 unspecified atom stereocenters. The highest BCUT2D eigenvalue weighted by Gasteiger charge is 2.60. The van der Waals surface area contributed by atoms with Crippen LogP contribution in [-0.2, 0) is 21.0 Å². The van der Waals surface area contributed by atoms with Crippen LogP contribution in [0, 0.1) is 5.92 Å². The van der Waals surface area contributed by atoms with Gasteiger partial charge in [0.15, 0.2) is 17.6 Å². The third kappa shape index (κ3) is 4.56. The highest BCUT2D eigenvalue weighted by atomic mass is 79.9. The number of hydrogen-bond donors (Lipinski definition) is 0. The van der Waals surface area contributed by atoms with Gasteiger partial charge in [0.1, 0.15) is 12.5 Å². The molecule has 39 heavy (non-hydrogen) atoms. The lowest BCUT2D eigenvalue weighted by Crippen LogP contribution is -2.37. The van der Waals surface area contributed by atoms with E-state index in [4.69, 9.17) is 14.3 Å². The van der Waals surface area contributed by atoms with Gasteiger partial charge in [-0.2, -0.15) is 0 Å². The van der Waals surface area contributed by atoms with Gasteiger partial charge in [0.05, 0.1) is 24.5 Å². The highest BCUT2D eigenvalue weighted by molar-refractivity contribution is 9.10. The van der Waals surface area contributed by atoms with Gasteiger partial charge in [-0.1, -0.05) is 82.7 Å².